The lowest BCUT2D eigenvalue weighted by molar-refractivity contribution is 0.0979. The van der Waals surface area contributed by atoms with Gasteiger partial charge in [-0.05, 0) is 18.2 Å². The molecule has 1 N–H and O–H groups in total. The minimum Gasteiger partial charge on any atom is -0.289 e. The second kappa shape index (κ2) is 5.55. The van der Waals surface area contributed by atoms with Crippen molar-refractivity contribution in [3.63, 3.8) is 0 Å². The standard InChI is InChI=1S/C17H8N4O2/c18-8-11(9-19)21-20-10-5-6-14-15(7-10)17(23)13-4-2-1-3-12(13)16(14)22/h1-7,20H. The Labute approximate surface area is 131 Å². The lowest BCUT2D eigenvalue weighted by Gasteiger charge is -2.17. The van der Waals surface area contributed by atoms with E-state index in [1.165, 1.54) is 12.1 Å². The Bertz CT molecular complexity index is 945. The van der Waals surface area contributed by atoms with Crippen LogP contribution in [0.1, 0.15) is 31.8 Å². The van der Waals surface area contributed by atoms with Gasteiger partial charge in [-0.1, -0.05) is 24.3 Å². The number of nitriles is 2. The molecule has 0 saturated carbocycles. The summed E-state index contributed by atoms with van der Waals surface area (Å²) in [6.07, 6.45) is 0. The van der Waals surface area contributed by atoms with Gasteiger partial charge in [0.25, 0.3) is 0 Å². The van der Waals surface area contributed by atoms with Crippen molar-refractivity contribution < 1.29 is 9.59 Å². The van der Waals surface area contributed by atoms with Gasteiger partial charge in [-0.25, -0.2) is 0 Å². The molecule has 0 aromatic heterocycles. The van der Waals surface area contributed by atoms with Crippen LogP contribution in [0, 0.1) is 22.7 Å². The number of carbonyl (C=O) groups excluding carboxylic acids is 2. The predicted molar refractivity (Wildman–Crippen MR) is 82.0 cm³/mol. The summed E-state index contributed by atoms with van der Waals surface area (Å²) < 4.78 is 0. The van der Waals surface area contributed by atoms with Gasteiger partial charge in [-0.2, -0.15) is 15.6 Å². The van der Waals surface area contributed by atoms with Gasteiger partial charge in [-0.15, -0.1) is 0 Å². The van der Waals surface area contributed by atoms with E-state index in [1.54, 1.807) is 42.5 Å². The van der Waals surface area contributed by atoms with Gasteiger partial charge in [0.05, 0.1) is 5.69 Å². The molecule has 1 aliphatic rings. The third kappa shape index (κ3) is 2.35. The summed E-state index contributed by atoms with van der Waals surface area (Å²) in [7, 11) is 0. The number of rotatable bonds is 2. The second-order valence-electron chi connectivity index (χ2n) is 4.76. The van der Waals surface area contributed by atoms with E-state index in [2.05, 4.69) is 10.5 Å². The van der Waals surface area contributed by atoms with Crippen LogP contribution < -0.4 is 5.43 Å². The van der Waals surface area contributed by atoms with Gasteiger partial charge in [0.1, 0.15) is 12.1 Å². The van der Waals surface area contributed by atoms with Gasteiger partial charge >= 0.3 is 0 Å². The summed E-state index contributed by atoms with van der Waals surface area (Å²) in [5.74, 6) is -0.455. The molecular weight excluding hydrogens is 292 g/mol. The highest BCUT2D eigenvalue weighted by Gasteiger charge is 2.29. The molecular formula is C17H8N4O2. The van der Waals surface area contributed by atoms with Crippen molar-refractivity contribution in [1.29, 1.82) is 10.5 Å². The molecule has 0 radical (unpaired) electrons. The van der Waals surface area contributed by atoms with E-state index in [1.807, 2.05) is 0 Å². The summed E-state index contributed by atoms with van der Waals surface area (Å²) in [6.45, 7) is 0. The van der Waals surface area contributed by atoms with Crippen LogP contribution in [-0.2, 0) is 0 Å². The molecule has 0 heterocycles. The van der Waals surface area contributed by atoms with Crippen LogP contribution in [0.5, 0.6) is 0 Å². The van der Waals surface area contributed by atoms with Crippen molar-refractivity contribution >= 4 is 23.0 Å². The lowest BCUT2D eigenvalue weighted by Crippen LogP contribution is -2.20. The second-order valence-corrected chi connectivity index (χ2v) is 4.76. The summed E-state index contributed by atoms with van der Waals surface area (Å²) in [5.41, 5.74) is 3.95. The Morgan fingerprint density at radius 2 is 1.43 bits per heavy atom. The predicted octanol–water partition coefficient (Wildman–Crippen LogP) is 2.28. The van der Waals surface area contributed by atoms with E-state index < -0.39 is 0 Å². The Morgan fingerprint density at radius 1 is 0.870 bits per heavy atom. The molecule has 1 aliphatic carbocycles. The molecule has 6 heteroatoms. The number of carbonyl (C=O) groups is 2. The van der Waals surface area contributed by atoms with Crippen LogP contribution in [0.2, 0.25) is 0 Å². The first-order valence-corrected chi connectivity index (χ1v) is 6.62. The van der Waals surface area contributed by atoms with E-state index in [-0.39, 0.29) is 22.8 Å². The third-order valence-corrected chi connectivity index (χ3v) is 3.43. The van der Waals surface area contributed by atoms with Crippen molar-refractivity contribution in [3.8, 4) is 12.1 Å². The van der Waals surface area contributed by atoms with Crippen LogP contribution >= 0.6 is 0 Å². The van der Waals surface area contributed by atoms with Gasteiger partial charge < -0.3 is 0 Å². The molecule has 23 heavy (non-hydrogen) atoms. The first-order chi connectivity index (χ1) is 11.2. The molecule has 0 unspecified atom stereocenters. The van der Waals surface area contributed by atoms with Gasteiger partial charge in [-0.3, -0.25) is 15.0 Å². The highest BCUT2D eigenvalue weighted by Crippen LogP contribution is 2.29. The fourth-order valence-corrected chi connectivity index (χ4v) is 2.36. The lowest BCUT2D eigenvalue weighted by atomic mass is 9.84. The number of hydrogen-bond acceptors (Lipinski definition) is 6. The topological polar surface area (TPSA) is 106 Å². The molecule has 2 aromatic rings. The Morgan fingerprint density at radius 3 is 2.04 bits per heavy atom. The summed E-state index contributed by atoms with van der Waals surface area (Å²) >= 11 is 0. The smallest absolute Gasteiger partial charge is 0.237 e. The first kappa shape index (κ1) is 14.2. The van der Waals surface area contributed by atoms with Crippen LogP contribution in [0.15, 0.2) is 47.6 Å². The van der Waals surface area contributed by atoms with Crippen LogP contribution in [0.4, 0.5) is 5.69 Å². The number of nitrogens with one attached hydrogen (secondary N) is 1. The normalized spacial score (nSPS) is 11.6. The minimum atomic E-state index is -0.338. The van der Waals surface area contributed by atoms with E-state index in [0.29, 0.717) is 22.4 Å². The average molecular weight is 300 g/mol. The molecule has 6 nitrogen and oxygen atoms in total. The Kier molecular flexibility index (Phi) is 3.42. The number of benzene rings is 2. The minimum absolute atomic E-state index is 0.208. The summed E-state index contributed by atoms with van der Waals surface area (Å²) in [5, 5.41) is 20.9. The number of anilines is 1. The zero-order valence-corrected chi connectivity index (χ0v) is 11.7. The van der Waals surface area contributed by atoms with Gasteiger partial charge in [0.2, 0.25) is 5.71 Å². The van der Waals surface area contributed by atoms with Crippen molar-refractivity contribution in [1.82, 2.24) is 0 Å². The SMILES string of the molecule is N#CC(C#N)=NNc1ccc2c(c1)C(=O)c1ccccc1C2=O. The Hall–Kier alpha value is -3.77. The largest absolute Gasteiger partial charge is 0.289 e. The van der Waals surface area contributed by atoms with Gasteiger partial charge in [0, 0.05) is 22.3 Å². The maximum absolute atomic E-state index is 12.5. The van der Waals surface area contributed by atoms with Crippen molar-refractivity contribution in [2.75, 3.05) is 5.43 Å². The molecule has 0 saturated heterocycles. The zero-order valence-electron chi connectivity index (χ0n) is 11.7. The molecule has 0 fully saturated rings. The maximum atomic E-state index is 12.5. The van der Waals surface area contributed by atoms with Crippen molar-refractivity contribution in [2.24, 2.45) is 5.10 Å². The van der Waals surface area contributed by atoms with E-state index in [0.717, 1.165) is 0 Å². The molecule has 0 aliphatic heterocycles. The highest BCUT2D eigenvalue weighted by atomic mass is 16.1. The number of nitrogens with zero attached hydrogens (tertiary/aromatic N) is 3. The molecule has 0 amide bonds. The van der Waals surface area contributed by atoms with Gasteiger partial charge in [0.15, 0.2) is 11.6 Å². The van der Waals surface area contributed by atoms with E-state index in [4.69, 9.17) is 10.5 Å². The average Bonchev–Trinajstić information content (AvgIpc) is 2.60. The zero-order chi connectivity index (χ0) is 16.4. The van der Waals surface area contributed by atoms with Crippen LogP contribution in [-0.4, -0.2) is 17.3 Å². The monoisotopic (exact) mass is 300 g/mol. The molecule has 108 valence electrons. The number of hydrogen-bond donors (Lipinski definition) is 1. The van der Waals surface area contributed by atoms with E-state index >= 15 is 0 Å². The quantitative estimate of drug-likeness (QED) is 0.577. The summed E-state index contributed by atoms with van der Waals surface area (Å²) in [4.78, 5) is 25.0. The number of fused-ring (bicyclic) bond motifs is 2. The van der Waals surface area contributed by atoms with Crippen molar-refractivity contribution in [3.05, 3.63) is 64.7 Å². The maximum Gasteiger partial charge on any atom is 0.237 e. The molecule has 0 bridgehead atoms. The van der Waals surface area contributed by atoms with Crippen molar-refractivity contribution in [2.45, 2.75) is 0 Å². The van der Waals surface area contributed by atoms with Crippen LogP contribution in [0.3, 0.4) is 0 Å². The molecule has 0 atom stereocenters. The highest BCUT2D eigenvalue weighted by molar-refractivity contribution is 6.28. The fraction of sp³-hybridized carbons (Fsp3) is 0. The van der Waals surface area contributed by atoms with E-state index in [9.17, 15) is 9.59 Å². The number of hydrazone groups is 1. The summed E-state index contributed by atoms with van der Waals surface area (Å²) in [6, 6.07) is 14.5. The van der Waals surface area contributed by atoms with Crippen LogP contribution in [0.25, 0.3) is 0 Å². The molecule has 3 rings (SSSR count). The molecule has 0 spiro atoms. The Balaban J connectivity index is 2.03. The third-order valence-electron chi connectivity index (χ3n) is 3.43. The number of ketones is 2. The fourth-order valence-electron chi connectivity index (χ4n) is 2.36. The first-order valence-electron chi connectivity index (χ1n) is 6.62. The molecule has 2 aromatic carbocycles.